The Labute approximate surface area is 61.6 Å². The number of allylic oxidation sites excluding steroid dienone is 4. The van der Waals surface area contributed by atoms with E-state index in [1.165, 1.54) is 5.47 Å². The quantitative estimate of drug-likeness (QED) is 0.517. The summed E-state index contributed by atoms with van der Waals surface area (Å²) >= 11 is 5.96. The zero-order valence-corrected chi connectivity index (χ0v) is 6.36. The molecule has 0 saturated heterocycles. The summed E-state index contributed by atoms with van der Waals surface area (Å²) in [7, 11) is 0. The lowest BCUT2D eigenvalue weighted by molar-refractivity contribution is 1.35. The van der Waals surface area contributed by atoms with Gasteiger partial charge in [-0.05, 0) is 6.42 Å². The number of rotatable bonds is 2. The predicted molar refractivity (Wildman–Crippen MR) is 43.9 cm³/mol. The van der Waals surface area contributed by atoms with Gasteiger partial charge in [0.25, 0.3) is 6.13 Å². The monoisotopic (exact) mass is 140 g/mol. The summed E-state index contributed by atoms with van der Waals surface area (Å²) in [5, 5.41) is 0. The van der Waals surface area contributed by atoms with E-state index in [0.29, 0.717) is 0 Å². The second kappa shape index (κ2) is 3.12. The largest absolute Gasteiger partial charge is 0.279 e. The molecule has 0 heterocycles. The van der Waals surface area contributed by atoms with Gasteiger partial charge in [0.15, 0.2) is 0 Å². The lowest BCUT2D eigenvalue weighted by Crippen LogP contribution is -2.03. The fraction of sp³-hybridized carbons (Fsp3) is 0.429. The number of hydrogen-bond donors (Lipinski definition) is 0. The van der Waals surface area contributed by atoms with E-state index < -0.39 is 0 Å². The van der Waals surface area contributed by atoms with Crippen LogP contribution in [0.3, 0.4) is 0 Å². The molecular weight excluding hydrogens is 130 g/mol. The molecule has 0 atom stereocenters. The molecule has 1 aliphatic rings. The topological polar surface area (TPSA) is 0 Å². The Bertz CT molecular complexity index is 149. The van der Waals surface area contributed by atoms with Gasteiger partial charge in [0.05, 0.1) is 0 Å². The molecule has 1 aliphatic carbocycles. The SMILES string of the molecule is CCB(Cl)C1=CC=CC1. The third-order valence-electron chi connectivity index (χ3n) is 1.56. The van der Waals surface area contributed by atoms with E-state index in [2.05, 4.69) is 25.2 Å². The van der Waals surface area contributed by atoms with Crippen LogP contribution >= 0.6 is 11.5 Å². The van der Waals surface area contributed by atoms with Crippen molar-refractivity contribution in [2.24, 2.45) is 0 Å². The summed E-state index contributed by atoms with van der Waals surface area (Å²) < 4.78 is 0. The minimum atomic E-state index is 0.264. The predicted octanol–water partition coefficient (Wildman–Crippen LogP) is 2.66. The Morgan fingerprint density at radius 1 is 1.78 bits per heavy atom. The Morgan fingerprint density at radius 3 is 3.00 bits per heavy atom. The van der Waals surface area contributed by atoms with Crippen LogP contribution in [0.5, 0.6) is 0 Å². The van der Waals surface area contributed by atoms with Gasteiger partial charge in [0, 0.05) is 0 Å². The summed E-state index contributed by atoms with van der Waals surface area (Å²) in [6.07, 6.45) is 8.68. The van der Waals surface area contributed by atoms with E-state index in [9.17, 15) is 0 Å². The maximum absolute atomic E-state index is 5.96. The van der Waals surface area contributed by atoms with Crippen molar-refractivity contribution >= 4 is 17.6 Å². The first-order valence-corrected chi connectivity index (χ1v) is 3.78. The fourth-order valence-electron chi connectivity index (χ4n) is 0.958. The first-order chi connectivity index (χ1) is 4.34. The van der Waals surface area contributed by atoms with Crippen LogP contribution in [0.4, 0.5) is 0 Å². The Balaban J connectivity index is 2.45. The van der Waals surface area contributed by atoms with Crippen LogP contribution in [0.25, 0.3) is 0 Å². The van der Waals surface area contributed by atoms with Gasteiger partial charge in [-0.1, -0.05) is 36.9 Å². The maximum Gasteiger partial charge on any atom is 0.279 e. The molecule has 0 nitrogen and oxygen atoms in total. The first kappa shape index (κ1) is 6.95. The molecule has 0 fully saturated rings. The summed E-state index contributed by atoms with van der Waals surface area (Å²) in [5.41, 5.74) is 1.36. The van der Waals surface area contributed by atoms with Gasteiger partial charge in [0.2, 0.25) is 0 Å². The molecule has 0 aliphatic heterocycles. The Morgan fingerprint density at radius 2 is 2.56 bits per heavy atom. The third-order valence-corrected chi connectivity index (χ3v) is 2.15. The molecule has 0 aromatic carbocycles. The highest BCUT2D eigenvalue weighted by Gasteiger charge is 2.13. The van der Waals surface area contributed by atoms with Crippen LogP contribution in [0.15, 0.2) is 23.7 Å². The highest BCUT2D eigenvalue weighted by molar-refractivity contribution is 7.11. The molecule has 2 heteroatoms. The van der Waals surface area contributed by atoms with E-state index in [1.807, 2.05) is 0 Å². The maximum atomic E-state index is 5.96. The molecule has 0 N–H and O–H groups in total. The van der Waals surface area contributed by atoms with Crippen LogP contribution in [-0.2, 0) is 0 Å². The number of hydrogen-bond acceptors (Lipinski definition) is 0. The summed E-state index contributed by atoms with van der Waals surface area (Å²) in [5.74, 6) is 0. The van der Waals surface area contributed by atoms with Crippen molar-refractivity contribution in [1.82, 2.24) is 0 Å². The van der Waals surface area contributed by atoms with E-state index in [-0.39, 0.29) is 6.13 Å². The molecule has 0 amide bonds. The fourth-order valence-corrected chi connectivity index (χ4v) is 1.12. The molecule has 0 saturated carbocycles. The smallest absolute Gasteiger partial charge is 0.189 e. The summed E-state index contributed by atoms with van der Waals surface area (Å²) in [6.45, 7) is 2.11. The molecule has 0 unspecified atom stereocenters. The minimum Gasteiger partial charge on any atom is -0.189 e. The first-order valence-electron chi connectivity index (χ1n) is 3.34. The van der Waals surface area contributed by atoms with Crippen LogP contribution in [0, 0.1) is 0 Å². The third kappa shape index (κ3) is 1.62. The van der Waals surface area contributed by atoms with Gasteiger partial charge in [-0.2, -0.15) is 11.5 Å². The minimum absolute atomic E-state index is 0.264. The standard InChI is InChI=1S/C7H10BCl/c1-2-8(9)7-5-3-4-6-7/h3-5H,2,6H2,1H3. The highest BCUT2D eigenvalue weighted by Crippen LogP contribution is 2.18. The zero-order valence-electron chi connectivity index (χ0n) is 5.60. The highest BCUT2D eigenvalue weighted by atomic mass is 35.5. The van der Waals surface area contributed by atoms with E-state index >= 15 is 0 Å². The van der Waals surface area contributed by atoms with Crippen molar-refractivity contribution in [2.45, 2.75) is 19.7 Å². The average Bonchev–Trinajstić information content (AvgIpc) is 2.37. The molecule has 0 aromatic rings. The summed E-state index contributed by atoms with van der Waals surface area (Å²) in [6, 6.07) is 0. The Hall–Kier alpha value is -0.165. The van der Waals surface area contributed by atoms with Crippen molar-refractivity contribution in [2.75, 3.05) is 0 Å². The van der Waals surface area contributed by atoms with Crippen LogP contribution < -0.4 is 0 Å². The molecule has 1 rings (SSSR count). The van der Waals surface area contributed by atoms with E-state index in [4.69, 9.17) is 11.5 Å². The second-order valence-electron chi connectivity index (χ2n) is 2.25. The molecule has 0 aromatic heterocycles. The molecule has 0 spiro atoms. The van der Waals surface area contributed by atoms with Gasteiger partial charge in [0.1, 0.15) is 0 Å². The van der Waals surface area contributed by atoms with Gasteiger partial charge in [-0.15, -0.1) is 0 Å². The zero-order chi connectivity index (χ0) is 6.69. The van der Waals surface area contributed by atoms with Crippen LogP contribution in [0.1, 0.15) is 13.3 Å². The second-order valence-corrected chi connectivity index (χ2v) is 2.78. The van der Waals surface area contributed by atoms with E-state index in [0.717, 1.165) is 12.7 Å². The molecular formula is C7H10BCl. The van der Waals surface area contributed by atoms with Gasteiger partial charge in [-0.25, -0.2) is 0 Å². The van der Waals surface area contributed by atoms with Crippen molar-refractivity contribution < 1.29 is 0 Å². The van der Waals surface area contributed by atoms with Gasteiger partial charge >= 0.3 is 0 Å². The molecule has 0 radical (unpaired) electrons. The normalized spacial score (nSPS) is 16.0. The van der Waals surface area contributed by atoms with Crippen molar-refractivity contribution in [3.8, 4) is 0 Å². The van der Waals surface area contributed by atoms with Crippen molar-refractivity contribution in [1.29, 1.82) is 0 Å². The molecule has 48 valence electrons. The molecule has 0 bridgehead atoms. The van der Waals surface area contributed by atoms with E-state index in [1.54, 1.807) is 0 Å². The lowest BCUT2D eigenvalue weighted by Gasteiger charge is -2.00. The van der Waals surface area contributed by atoms with Gasteiger partial charge < -0.3 is 0 Å². The van der Waals surface area contributed by atoms with Crippen LogP contribution in [-0.4, -0.2) is 6.13 Å². The summed E-state index contributed by atoms with van der Waals surface area (Å²) in [4.78, 5) is 0. The molecule has 9 heavy (non-hydrogen) atoms. The average molecular weight is 140 g/mol. The number of halogens is 1. The van der Waals surface area contributed by atoms with Gasteiger partial charge in [-0.3, -0.25) is 0 Å². The van der Waals surface area contributed by atoms with Crippen molar-refractivity contribution in [3.05, 3.63) is 23.7 Å². The Kier molecular flexibility index (Phi) is 2.41. The van der Waals surface area contributed by atoms with Crippen molar-refractivity contribution in [3.63, 3.8) is 0 Å². The van der Waals surface area contributed by atoms with Crippen LogP contribution in [0.2, 0.25) is 6.32 Å². The lowest BCUT2D eigenvalue weighted by atomic mass is 9.65.